The minimum Gasteiger partial charge on any atom is -0.346 e. The van der Waals surface area contributed by atoms with Crippen LogP contribution in [0.25, 0.3) is 0 Å². The monoisotopic (exact) mass is 336 g/mol. The molecule has 0 aliphatic heterocycles. The molecule has 0 aliphatic rings. The summed E-state index contributed by atoms with van der Waals surface area (Å²) >= 11 is 3.16. The third-order valence-corrected chi connectivity index (χ3v) is 3.45. The van der Waals surface area contributed by atoms with E-state index in [9.17, 15) is 9.18 Å². The Kier molecular flexibility index (Phi) is 4.84. The van der Waals surface area contributed by atoms with Crippen molar-refractivity contribution in [3.8, 4) is 0 Å². The Hall–Kier alpha value is -1.75. The molecule has 1 aromatic carbocycles. The largest absolute Gasteiger partial charge is 0.346 e. The second-order valence-electron chi connectivity index (χ2n) is 4.27. The molecule has 0 aliphatic carbocycles. The van der Waals surface area contributed by atoms with Gasteiger partial charge in [-0.2, -0.15) is 0 Å². The second-order valence-corrected chi connectivity index (χ2v) is 5.19. The maximum Gasteiger partial charge on any atom is 0.254 e. The van der Waals surface area contributed by atoms with Crippen molar-refractivity contribution in [3.63, 3.8) is 0 Å². The summed E-state index contributed by atoms with van der Waals surface area (Å²) in [5.41, 5.74) is 1.91. The van der Waals surface area contributed by atoms with E-state index >= 15 is 0 Å². The smallest absolute Gasteiger partial charge is 0.254 e. The molecule has 1 N–H and O–H groups in total. The molecular weight excluding hydrogens is 323 g/mol. The van der Waals surface area contributed by atoms with E-state index in [1.54, 1.807) is 12.3 Å². The van der Waals surface area contributed by atoms with Crippen molar-refractivity contribution in [3.05, 3.63) is 63.6 Å². The topological polar surface area (TPSA) is 42.0 Å². The lowest BCUT2D eigenvalue weighted by atomic mass is 10.1. The lowest BCUT2D eigenvalue weighted by molar-refractivity contribution is 0.0946. The van der Waals surface area contributed by atoms with E-state index in [0.717, 1.165) is 17.7 Å². The van der Waals surface area contributed by atoms with Crippen molar-refractivity contribution >= 4 is 21.8 Å². The first-order valence-electron chi connectivity index (χ1n) is 6.28. The Morgan fingerprint density at radius 1 is 1.40 bits per heavy atom. The Bertz CT molecular complexity index is 631. The summed E-state index contributed by atoms with van der Waals surface area (Å²) in [4.78, 5) is 16.2. The summed E-state index contributed by atoms with van der Waals surface area (Å²) < 4.78 is 14.3. The molecule has 104 valence electrons. The summed E-state index contributed by atoms with van der Waals surface area (Å²) in [6.07, 6.45) is 2.52. The number of nitrogens with one attached hydrogen (secondary N) is 1. The fraction of sp³-hybridized carbons (Fsp3) is 0.200. The van der Waals surface area contributed by atoms with Gasteiger partial charge in [0.05, 0.1) is 17.8 Å². The van der Waals surface area contributed by atoms with Gasteiger partial charge in [-0.3, -0.25) is 9.78 Å². The van der Waals surface area contributed by atoms with Gasteiger partial charge in [0.1, 0.15) is 5.82 Å². The number of aryl methyl sites for hydroxylation is 1. The molecule has 1 amide bonds. The number of amides is 1. The van der Waals surface area contributed by atoms with Crippen LogP contribution >= 0.6 is 15.9 Å². The van der Waals surface area contributed by atoms with Crippen LogP contribution in [-0.2, 0) is 13.0 Å². The first-order valence-corrected chi connectivity index (χ1v) is 7.07. The number of hydrogen-bond acceptors (Lipinski definition) is 2. The molecule has 0 spiro atoms. The van der Waals surface area contributed by atoms with Crippen LogP contribution < -0.4 is 5.32 Å². The third-order valence-electron chi connectivity index (χ3n) is 2.96. The Morgan fingerprint density at radius 2 is 2.20 bits per heavy atom. The summed E-state index contributed by atoms with van der Waals surface area (Å²) in [6, 6.07) is 8.19. The number of carbonyl (C=O) groups excluding carboxylic acids is 1. The highest BCUT2D eigenvalue weighted by Crippen LogP contribution is 2.15. The third kappa shape index (κ3) is 3.42. The summed E-state index contributed by atoms with van der Waals surface area (Å²) in [7, 11) is 0. The SMILES string of the molecule is CCc1cccnc1CNC(=O)c1ccc(Br)cc1F. The zero-order valence-electron chi connectivity index (χ0n) is 11.0. The zero-order valence-corrected chi connectivity index (χ0v) is 12.6. The molecule has 0 unspecified atom stereocenters. The van der Waals surface area contributed by atoms with E-state index in [4.69, 9.17) is 0 Å². The predicted molar refractivity (Wildman–Crippen MR) is 78.9 cm³/mol. The van der Waals surface area contributed by atoms with Gasteiger partial charge in [-0.15, -0.1) is 0 Å². The fourth-order valence-electron chi connectivity index (χ4n) is 1.89. The molecule has 0 radical (unpaired) electrons. The van der Waals surface area contributed by atoms with E-state index in [1.807, 2.05) is 19.1 Å². The predicted octanol–water partition coefficient (Wildman–Crippen LogP) is 3.48. The Morgan fingerprint density at radius 3 is 2.90 bits per heavy atom. The molecule has 20 heavy (non-hydrogen) atoms. The van der Waals surface area contributed by atoms with Gasteiger partial charge in [0.2, 0.25) is 0 Å². The normalized spacial score (nSPS) is 10.3. The molecule has 2 rings (SSSR count). The lowest BCUT2D eigenvalue weighted by Crippen LogP contribution is -2.25. The standard InChI is InChI=1S/C15H14BrFN2O/c1-2-10-4-3-7-18-14(10)9-19-15(20)12-6-5-11(16)8-13(12)17/h3-8H,2,9H2,1H3,(H,19,20). The zero-order chi connectivity index (χ0) is 14.5. The van der Waals surface area contributed by atoms with Crippen molar-refractivity contribution in [2.45, 2.75) is 19.9 Å². The van der Waals surface area contributed by atoms with Crippen LogP contribution in [-0.4, -0.2) is 10.9 Å². The average molecular weight is 337 g/mol. The van der Waals surface area contributed by atoms with Gasteiger partial charge in [0.25, 0.3) is 5.91 Å². The van der Waals surface area contributed by atoms with Gasteiger partial charge < -0.3 is 5.32 Å². The van der Waals surface area contributed by atoms with Gasteiger partial charge >= 0.3 is 0 Å². The van der Waals surface area contributed by atoms with Gasteiger partial charge in [-0.25, -0.2) is 4.39 Å². The average Bonchev–Trinajstić information content (AvgIpc) is 2.45. The van der Waals surface area contributed by atoms with Crippen LogP contribution in [0.5, 0.6) is 0 Å². The van der Waals surface area contributed by atoms with Crippen LogP contribution in [0.15, 0.2) is 41.0 Å². The van der Waals surface area contributed by atoms with Crippen LogP contribution in [0.1, 0.15) is 28.5 Å². The highest BCUT2D eigenvalue weighted by atomic mass is 79.9. The van der Waals surface area contributed by atoms with Gasteiger partial charge in [-0.05, 0) is 36.2 Å². The van der Waals surface area contributed by atoms with E-state index < -0.39 is 11.7 Å². The molecule has 1 aromatic heterocycles. The molecule has 0 saturated heterocycles. The number of carbonyl (C=O) groups is 1. The minimum absolute atomic E-state index is 0.0298. The second kappa shape index (κ2) is 6.61. The summed E-state index contributed by atoms with van der Waals surface area (Å²) in [5, 5.41) is 2.69. The number of pyridine rings is 1. The molecule has 0 fully saturated rings. The fourth-order valence-corrected chi connectivity index (χ4v) is 2.22. The summed E-state index contributed by atoms with van der Waals surface area (Å²) in [6.45, 7) is 2.31. The number of benzene rings is 1. The molecule has 5 heteroatoms. The van der Waals surface area contributed by atoms with Crippen molar-refractivity contribution < 1.29 is 9.18 Å². The van der Waals surface area contributed by atoms with Crippen LogP contribution in [0.2, 0.25) is 0 Å². The maximum atomic E-state index is 13.7. The first-order chi connectivity index (χ1) is 9.61. The number of aromatic nitrogens is 1. The molecule has 0 bridgehead atoms. The van der Waals surface area contributed by atoms with Gasteiger partial charge in [0, 0.05) is 10.7 Å². The Balaban J connectivity index is 2.09. The number of hydrogen-bond donors (Lipinski definition) is 1. The van der Waals surface area contributed by atoms with E-state index in [0.29, 0.717) is 11.0 Å². The number of nitrogens with zero attached hydrogens (tertiary/aromatic N) is 1. The number of halogens is 2. The van der Waals surface area contributed by atoms with Crippen molar-refractivity contribution in [1.29, 1.82) is 0 Å². The summed E-state index contributed by atoms with van der Waals surface area (Å²) in [5.74, 6) is -0.990. The van der Waals surface area contributed by atoms with E-state index in [1.165, 1.54) is 12.1 Å². The van der Waals surface area contributed by atoms with Gasteiger partial charge in [-0.1, -0.05) is 28.9 Å². The molecule has 0 atom stereocenters. The molecule has 0 saturated carbocycles. The highest BCUT2D eigenvalue weighted by Gasteiger charge is 2.12. The van der Waals surface area contributed by atoms with Crippen LogP contribution in [0, 0.1) is 5.82 Å². The van der Waals surface area contributed by atoms with Crippen molar-refractivity contribution in [2.75, 3.05) is 0 Å². The Labute approximate surface area is 125 Å². The molecule has 3 nitrogen and oxygen atoms in total. The maximum absolute atomic E-state index is 13.7. The number of rotatable bonds is 4. The van der Waals surface area contributed by atoms with Gasteiger partial charge in [0.15, 0.2) is 0 Å². The highest BCUT2D eigenvalue weighted by molar-refractivity contribution is 9.10. The minimum atomic E-state index is -0.548. The van der Waals surface area contributed by atoms with E-state index in [-0.39, 0.29) is 5.56 Å². The molecular formula is C15H14BrFN2O. The van der Waals surface area contributed by atoms with Crippen LogP contribution in [0.3, 0.4) is 0 Å². The van der Waals surface area contributed by atoms with Crippen molar-refractivity contribution in [1.82, 2.24) is 10.3 Å². The quantitative estimate of drug-likeness (QED) is 0.928. The molecule has 1 heterocycles. The lowest BCUT2D eigenvalue weighted by Gasteiger charge is -2.09. The van der Waals surface area contributed by atoms with Crippen molar-refractivity contribution in [2.24, 2.45) is 0 Å². The van der Waals surface area contributed by atoms with E-state index in [2.05, 4.69) is 26.2 Å². The molecule has 2 aromatic rings. The van der Waals surface area contributed by atoms with Crippen LogP contribution in [0.4, 0.5) is 4.39 Å². The first kappa shape index (κ1) is 14.7.